The minimum Gasteiger partial charge on any atom is -0.469 e. The van der Waals surface area contributed by atoms with Gasteiger partial charge in [0.25, 0.3) is 0 Å². The molecular weight excluding hydrogens is 287 g/mol. The number of ether oxygens (including phenoxy) is 2. The predicted octanol–water partition coefficient (Wildman–Crippen LogP) is 1.97. The molecule has 1 saturated carbocycles. The molecule has 0 saturated heterocycles. The summed E-state index contributed by atoms with van der Waals surface area (Å²) >= 11 is 0. The minimum atomic E-state index is -3.58. The topological polar surface area (TPSA) is 83.5 Å². The van der Waals surface area contributed by atoms with Crippen LogP contribution in [0.2, 0.25) is 0 Å². The maximum atomic E-state index is 11.9. The van der Waals surface area contributed by atoms with Crippen LogP contribution in [0.25, 0.3) is 0 Å². The fourth-order valence-electron chi connectivity index (χ4n) is 2.27. The van der Waals surface area contributed by atoms with Gasteiger partial charge in [0, 0.05) is 14.2 Å². The van der Waals surface area contributed by atoms with Crippen LogP contribution < -0.4 is 0 Å². The van der Waals surface area contributed by atoms with Crippen molar-refractivity contribution in [1.29, 1.82) is 0 Å². The lowest BCUT2D eigenvalue weighted by molar-refractivity contribution is -0.143. The third-order valence-electron chi connectivity index (χ3n) is 3.60. The van der Waals surface area contributed by atoms with E-state index in [0.717, 1.165) is 19.3 Å². The van der Waals surface area contributed by atoms with E-state index in [1.165, 1.54) is 14.2 Å². The van der Waals surface area contributed by atoms with Crippen molar-refractivity contribution in [3.05, 3.63) is 11.8 Å². The van der Waals surface area contributed by atoms with Gasteiger partial charge < -0.3 is 14.6 Å². The van der Waals surface area contributed by atoms with Gasteiger partial charge in [-0.25, -0.2) is 4.57 Å². The van der Waals surface area contributed by atoms with Crippen molar-refractivity contribution in [2.24, 2.45) is 0 Å². The molecular formula is C12H21O7P. The van der Waals surface area contributed by atoms with E-state index in [0.29, 0.717) is 5.76 Å². The zero-order chi connectivity index (χ0) is 14.9. The van der Waals surface area contributed by atoms with Gasteiger partial charge >= 0.3 is 7.82 Å². The summed E-state index contributed by atoms with van der Waals surface area (Å²) in [6.07, 6.45) is 4.57. The fraction of sp³-hybridized carbons (Fsp3) is 0.833. The van der Waals surface area contributed by atoms with Crippen molar-refractivity contribution >= 4 is 7.82 Å². The monoisotopic (exact) mass is 308 g/mol. The Morgan fingerprint density at radius 2 is 2.05 bits per heavy atom. The van der Waals surface area contributed by atoms with Gasteiger partial charge in [0.15, 0.2) is 6.79 Å². The van der Waals surface area contributed by atoms with Gasteiger partial charge in [-0.05, 0) is 32.3 Å². The maximum Gasteiger partial charge on any atom is 0.474 e. The Bertz CT molecular complexity index is 424. The molecule has 0 bridgehead atoms. The van der Waals surface area contributed by atoms with E-state index in [1.807, 2.05) is 6.08 Å². The summed E-state index contributed by atoms with van der Waals surface area (Å²) in [7, 11) is -1.09. The average molecular weight is 308 g/mol. The van der Waals surface area contributed by atoms with Crippen LogP contribution in [-0.4, -0.2) is 43.9 Å². The van der Waals surface area contributed by atoms with Crippen molar-refractivity contribution in [1.82, 2.24) is 0 Å². The molecule has 1 fully saturated rings. The number of aliphatic hydroxyl groups excluding tert-OH is 1. The Hall–Kier alpha value is -0.430. The number of rotatable bonds is 7. The van der Waals surface area contributed by atoms with Gasteiger partial charge in [0.2, 0.25) is 0 Å². The van der Waals surface area contributed by atoms with Crippen molar-refractivity contribution in [2.75, 3.05) is 27.6 Å². The third-order valence-corrected chi connectivity index (χ3v) is 4.94. The Labute approximate surface area is 118 Å². The van der Waals surface area contributed by atoms with Crippen LogP contribution >= 0.6 is 7.82 Å². The molecule has 0 aromatic rings. The summed E-state index contributed by atoms with van der Waals surface area (Å²) in [6, 6.07) is 0. The Kier molecular flexibility index (Phi) is 4.59. The first-order valence-corrected chi connectivity index (χ1v) is 7.87. The second-order valence-corrected chi connectivity index (χ2v) is 7.03. The molecule has 1 spiro atoms. The fourth-order valence-corrected chi connectivity index (χ4v) is 3.04. The van der Waals surface area contributed by atoms with Crippen molar-refractivity contribution < 1.29 is 32.7 Å². The van der Waals surface area contributed by atoms with E-state index in [-0.39, 0.29) is 12.2 Å². The highest BCUT2D eigenvalue weighted by Crippen LogP contribution is 2.53. The second-order valence-electron chi connectivity index (χ2n) is 5.15. The van der Waals surface area contributed by atoms with E-state index in [9.17, 15) is 4.57 Å². The lowest BCUT2D eigenvalue weighted by atomic mass is 9.98. The molecule has 1 aliphatic heterocycles. The highest BCUT2D eigenvalue weighted by atomic mass is 31.2. The first-order chi connectivity index (χ1) is 9.41. The Balaban J connectivity index is 2.10. The highest BCUT2D eigenvalue weighted by molar-refractivity contribution is 7.48. The molecule has 8 heteroatoms. The second kappa shape index (κ2) is 5.75. The van der Waals surface area contributed by atoms with Crippen LogP contribution in [0.5, 0.6) is 0 Å². The molecule has 2 rings (SSSR count). The van der Waals surface area contributed by atoms with Gasteiger partial charge in [-0.15, -0.1) is 0 Å². The SMILES string of the molecule is COP(=O)(OC)OCC1(C)OC2(CC=C1OCO)CC2. The van der Waals surface area contributed by atoms with Crippen LogP contribution in [0.15, 0.2) is 11.8 Å². The van der Waals surface area contributed by atoms with Crippen molar-refractivity contribution in [3.63, 3.8) is 0 Å². The lowest BCUT2D eigenvalue weighted by Gasteiger charge is -2.39. The molecule has 0 aromatic carbocycles. The Morgan fingerprint density at radius 3 is 2.55 bits per heavy atom. The smallest absolute Gasteiger partial charge is 0.469 e. The summed E-state index contributed by atoms with van der Waals surface area (Å²) in [4.78, 5) is 0. The van der Waals surface area contributed by atoms with E-state index in [2.05, 4.69) is 0 Å². The van der Waals surface area contributed by atoms with Crippen molar-refractivity contribution in [2.45, 2.75) is 37.4 Å². The summed E-state index contributed by atoms with van der Waals surface area (Å²) in [5, 5.41) is 8.95. The summed E-state index contributed by atoms with van der Waals surface area (Å²) < 4.78 is 37.9. The third kappa shape index (κ3) is 3.24. The molecule has 1 N–H and O–H groups in total. The minimum absolute atomic E-state index is 0.0560. The predicted molar refractivity (Wildman–Crippen MR) is 69.9 cm³/mol. The quantitative estimate of drug-likeness (QED) is 0.568. The van der Waals surface area contributed by atoms with E-state index in [1.54, 1.807) is 6.92 Å². The molecule has 1 heterocycles. The van der Waals surface area contributed by atoms with Crippen LogP contribution in [0.1, 0.15) is 26.2 Å². The van der Waals surface area contributed by atoms with Crippen LogP contribution in [0.4, 0.5) is 0 Å². The maximum absolute atomic E-state index is 11.9. The molecule has 0 aromatic heterocycles. The summed E-state index contributed by atoms with van der Waals surface area (Å²) in [5.41, 5.74) is -1.10. The molecule has 1 atom stereocenters. The molecule has 20 heavy (non-hydrogen) atoms. The molecule has 116 valence electrons. The molecule has 7 nitrogen and oxygen atoms in total. The average Bonchev–Trinajstić information content (AvgIpc) is 3.19. The van der Waals surface area contributed by atoms with Crippen LogP contribution in [0.3, 0.4) is 0 Å². The van der Waals surface area contributed by atoms with E-state index < -0.39 is 20.2 Å². The zero-order valence-corrected chi connectivity index (χ0v) is 12.9. The van der Waals surface area contributed by atoms with E-state index >= 15 is 0 Å². The van der Waals surface area contributed by atoms with Gasteiger partial charge in [0.1, 0.15) is 11.4 Å². The summed E-state index contributed by atoms with van der Waals surface area (Å²) in [5.74, 6) is 0.469. The molecule has 0 amide bonds. The molecule has 1 unspecified atom stereocenters. The zero-order valence-electron chi connectivity index (χ0n) is 12.0. The number of aliphatic hydroxyl groups is 1. The number of hydrogen-bond donors (Lipinski definition) is 1. The van der Waals surface area contributed by atoms with E-state index in [4.69, 9.17) is 28.2 Å². The first kappa shape index (κ1) is 15.9. The van der Waals surface area contributed by atoms with Gasteiger partial charge in [-0.1, -0.05) is 0 Å². The van der Waals surface area contributed by atoms with Crippen LogP contribution in [-0.2, 0) is 27.6 Å². The van der Waals surface area contributed by atoms with Gasteiger partial charge in [-0.3, -0.25) is 13.6 Å². The first-order valence-electron chi connectivity index (χ1n) is 6.41. The molecule has 1 aliphatic carbocycles. The largest absolute Gasteiger partial charge is 0.474 e. The van der Waals surface area contributed by atoms with Gasteiger partial charge in [-0.2, -0.15) is 0 Å². The Morgan fingerprint density at radius 1 is 1.40 bits per heavy atom. The van der Waals surface area contributed by atoms with Gasteiger partial charge in [0.05, 0.1) is 12.2 Å². The lowest BCUT2D eigenvalue weighted by Crippen LogP contribution is -2.44. The highest BCUT2D eigenvalue weighted by Gasteiger charge is 2.53. The summed E-state index contributed by atoms with van der Waals surface area (Å²) in [6.45, 7) is 1.26. The molecule has 0 radical (unpaired) electrons. The van der Waals surface area contributed by atoms with Crippen molar-refractivity contribution in [3.8, 4) is 0 Å². The number of hydrogen-bond acceptors (Lipinski definition) is 7. The van der Waals surface area contributed by atoms with Crippen LogP contribution in [0, 0.1) is 0 Å². The normalized spacial score (nSPS) is 28.3. The molecule has 2 aliphatic rings. The number of phosphoric ester groups is 1. The standard InChI is InChI=1S/C12H21O7P/c1-11(8-18-20(14,15-2)16-3)10(17-9-13)4-5-12(19-11)6-7-12/h4,13H,5-9H2,1-3H3. The number of phosphoric acid groups is 1.